The van der Waals surface area contributed by atoms with Crippen LogP contribution in [0.25, 0.3) is 0 Å². The minimum atomic E-state index is -0.137. The SMILES string of the molecule is CN(C)CCNC(=O)NI. The molecule has 0 spiro atoms. The third-order valence-corrected chi connectivity index (χ3v) is 1.42. The predicted molar refractivity (Wildman–Crippen MR) is 49.1 cm³/mol. The molecule has 0 radical (unpaired) electrons. The minimum absolute atomic E-state index is 0.137. The van der Waals surface area contributed by atoms with Crippen molar-refractivity contribution in [2.75, 3.05) is 27.2 Å². The van der Waals surface area contributed by atoms with Crippen molar-refractivity contribution in [2.24, 2.45) is 0 Å². The number of carbonyl (C=O) groups is 1. The maximum absolute atomic E-state index is 10.5. The van der Waals surface area contributed by atoms with Crippen LogP contribution in [0.15, 0.2) is 0 Å². The molecule has 0 saturated heterocycles. The van der Waals surface area contributed by atoms with E-state index in [4.69, 9.17) is 0 Å². The molecule has 60 valence electrons. The highest BCUT2D eigenvalue weighted by Gasteiger charge is 1.94. The van der Waals surface area contributed by atoms with E-state index < -0.39 is 0 Å². The van der Waals surface area contributed by atoms with Crippen LogP contribution >= 0.6 is 22.9 Å². The summed E-state index contributed by atoms with van der Waals surface area (Å²) in [5.41, 5.74) is 0. The first-order valence-electron chi connectivity index (χ1n) is 2.96. The van der Waals surface area contributed by atoms with E-state index in [1.165, 1.54) is 0 Å². The van der Waals surface area contributed by atoms with Crippen molar-refractivity contribution in [3.05, 3.63) is 0 Å². The summed E-state index contributed by atoms with van der Waals surface area (Å²) in [6.07, 6.45) is 0. The van der Waals surface area contributed by atoms with Gasteiger partial charge in [-0.15, -0.1) is 0 Å². The number of carbonyl (C=O) groups excluding carboxylic acids is 1. The van der Waals surface area contributed by atoms with Gasteiger partial charge in [0.2, 0.25) is 0 Å². The van der Waals surface area contributed by atoms with Crippen LogP contribution < -0.4 is 8.85 Å². The fraction of sp³-hybridized carbons (Fsp3) is 0.800. The monoisotopic (exact) mass is 257 g/mol. The number of nitrogens with one attached hydrogen (secondary N) is 2. The first kappa shape index (κ1) is 9.96. The van der Waals surface area contributed by atoms with Gasteiger partial charge < -0.3 is 10.2 Å². The summed E-state index contributed by atoms with van der Waals surface area (Å²) >= 11 is 1.79. The van der Waals surface area contributed by atoms with Crippen LogP contribution in [0.2, 0.25) is 0 Å². The van der Waals surface area contributed by atoms with E-state index in [9.17, 15) is 4.79 Å². The van der Waals surface area contributed by atoms with E-state index in [0.717, 1.165) is 6.54 Å². The molecule has 0 aliphatic carbocycles. The maximum Gasteiger partial charge on any atom is 0.323 e. The highest BCUT2D eigenvalue weighted by molar-refractivity contribution is 14.1. The van der Waals surface area contributed by atoms with E-state index in [1.54, 1.807) is 22.9 Å². The zero-order valence-corrected chi connectivity index (χ0v) is 8.31. The Morgan fingerprint density at radius 3 is 2.60 bits per heavy atom. The molecule has 2 amide bonds. The van der Waals surface area contributed by atoms with Crippen molar-refractivity contribution in [3.8, 4) is 0 Å². The Kier molecular flexibility index (Phi) is 5.70. The molecular formula is C5H12IN3O. The van der Waals surface area contributed by atoms with E-state index in [0.29, 0.717) is 6.54 Å². The molecule has 0 aromatic rings. The van der Waals surface area contributed by atoms with Gasteiger partial charge in [-0.1, -0.05) is 0 Å². The molecule has 10 heavy (non-hydrogen) atoms. The lowest BCUT2D eigenvalue weighted by atomic mass is 10.6. The Morgan fingerprint density at radius 2 is 2.20 bits per heavy atom. The van der Waals surface area contributed by atoms with Crippen molar-refractivity contribution in [3.63, 3.8) is 0 Å². The number of nitrogens with zero attached hydrogens (tertiary/aromatic N) is 1. The summed E-state index contributed by atoms with van der Waals surface area (Å²) in [6.45, 7) is 1.55. The van der Waals surface area contributed by atoms with Crippen LogP contribution in [0, 0.1) is 0 Å². The van der Waals surface area contributed by atoms with Gasteiger partial charge in [0.1, 0.15) is 0 Å². The second-order valence-electron chi connectivity index (χ2n) is 2.15. The molecule has 4 nitrogen and oxygen atoms in total. The van der Waals surface area contributed by atoms with Gasteiger partial charge in [0.25, 0.3) is 0 Å². The normalized spacial score (nSPS) is 9.60. The number of amides is 2. The Hall–Kier alpha value is -0.0400. The summed E-state index contributed by atoms with van der Waals surface area (Å²) in [4.78, 5) is 12.6. The summed E-state index contributed by atoms with van der Waals surface area (Å²) in [5, 5.41) is 2.66. The van der Waals surface area contributed by atoms with E-state index >= 15 is 0 Å². The molecule has 0 saturated carbocycles. The van der Waals surface area contributed by atoms with E-state index in [1.807, 2.05) is 19.0 Å². The molecule has 0 aliphatic heterocycles. The third-order valence-electron chi connectivity index (χ3n) is 0.930. The number of rotatable bonds is 3. The lowest BCUT2D eigenvalue weighted by Gasteiger charge is -2.08. The second kappa shape index (κ2) is 5.72. The van der Waals surface area contributed by atoms with E-state index in [2.05, 4.69) is 8.85 Å². The zero-order chi connectivity index (χ0) is 7.98. The predicted octanol–water partition coefficient (Wildman–Crippen LogP) is 0.197. The first-order valence-corrected chi connectivity index (χ1v) is 4.04. The van der Waals surface area contributed by atoms with Crippen LogP contribution in [0.4, 0.5) is 4.79 Å². The Bertz CT molecular complexity index is 107. The number of hydrogen-bond acceptors (Lipinski definition) is 2. The van der Waals surface area contributed by atoms with Crippen molar-refractivity contribution in [2.45, 2.75) is 0 Å². The molecule has 0 bridgehead atoms. The zero-order valence-electron chi connectivity index (χ0n) is 6.15. The van der Waals surface area contributed by atoms with Gasteiger partial charge in [-0.3, -0.25) is 3.53 Å². The van der Waals surface area contributed by atoms with Gasteiger partial charge in [-0.05, 0) is 14.1 Å². The fourth-order valence-corrected chi connectivity index (χ4v) is 0.617. The standard InChI is InChI=1S/C5H12IN3O/c1-9(2)4-3-7-5(10)8-6/h3-4H2,1-2H3,(H2,7,8,10). The molecule has 2 N–H and O–H groups in total. The average molecular weight is 257 g/mol. The van der Waals surface area contributed by atoms with Gasteiger partial charge in [0, 0.05) is 13.1 Å². The highest BCUT2D eigenvalue weighted by atomic mass is 127. The molecule has 0 atom stereocenters. The quantitative estimate of drug-likeness (QED) is 0.560. The molecule has 0 heterocycles. The lowest BCUT2D eigenvalue weighted by molar-refractivity contribution is 0.246. The highest BCUT2D eigenvalue weighted by Crippen LogP contribution is 1.73. The van der Waals surface area contributed by atoms with Crippen molar-refractivity contribution in [1.82, 2.24) is 13.7 Å². The van der Waals surface area contributed by atoms with Crippen molar-refractivity contribution < 1.29 is 4.79 Å². The number of hydrogen-bond donors (Lipinski definition) is 2. The fourth-order valence-electron chi connectivity index (χ4n) is 0.426. The maximum atomic E-state index is 10.5. The average Bonchev–Trinajstić information content (AvgIpc) is 1.87. The third kappa shape index (κ3) is 6.09. The Morgan fingerprint density at radius 1 is 1.60 bits per heavy atom. The smallest absolute Gasteiger partial charge is 0.323 e. The van der Waals surface area contributed by atoms with Gasteiger partial charge in [-0.25, -0.2) is 4.79 Å². The van der Waals surface area contributed by atoms with Crippen LogP contribution in [-0.2, 0) is 0 Å². The number of likely N-dealkylation sites (N-methyl/N-ethyl adjacent to an activating group) is 1. The van der Waals surface area contributed by atoms with Gasteiger partial charge >= 0.3 is 6.03 Å². The lowest BCUT2D eigenvalue weighted by Crippen LogP contribution is -2.34. The van der Waals surface area contributed by atoms with Crippen molar-refractivity contribution >= 4 is 28.9 Å². The molecule has 0 aromatic heterocycles. The largest absolute Gasteiger partial charge is 0.336 e. The van der Waals surface area contributed by atoms with Gasteiger partial charge in [0.05, 0.1) is 22.9 Å². The van der Waals surface area contributed by atoms with Crippen LogP contribution in [0.1, 0.15) is 0 Å². The molecule has 0 aliphatic rings. The number of halogens is 1. The second-order valence-corrected chi connectivity index (χ2v) is 2.69. The summed E-state index contributed by atoms with van der Waals surface area (Å²) in [5.74, 6) is 0. The minimum Gasteiger partial charge on any atom is -0.336 e. The van der Waals surface area contributed by atoms with E-state index in [-0.39, 0.29) is 6.03 Å². The topological polar surface area (TPSA) is 44.4 Å². The summed E-state index contributed by atoms with van der Waals surface area (Å²) in [7, 11) is 3.92. The first-order chi connectivity index (χ1) is 4.66. The molecule has 0 fully saturated rings. The molecular weight excluding hydrogens is 245 g/mol. The van der Waals surface area contributed by atoms with Crippen LogP contribution in [-0.4, -0.2) is 38.1 Å². The van der Waals surface area contributed by atoms with Gasteiger partial charge in [-0.2, -0.15) is 0 Å². The molecule has 5 heteroatoms. The van der Waals surface area contributed by atoms with Crippen LogP contribution in [0.5, 0.6) is 0 Å². The molecule has 0 rings (SSSR count). The number of urea groups is 1. The Balaban J connectivity index is 3.12. The molecule has 0 aromatic carbocycles. The van der Waals surface area contributed by atoms with Crippen molar-refractivity contribution in [1.29, 1.82) is 0 Å². The molecule has 0 unspecified atom stereocenters. The summed E-state index contributed by atoms with van der Waals surface area (Å²) in [6, 6.07) is -0.137. The Labute approximate surface area is 74.8 Å². The summed E-state index contributed by atoms with van der Waals surface area (Å²) < 4.78 is 2.44. The van der Waals surface area contributed by atoms with Crippen LogP contribution in [0.3, 0.4) is 0 Å². The van der Waals surface area contributed by atoms with Gasteiger partial charge in [0.15, 0.2) is 0 Å².